The van der Waals surface area contributed by atoms with Crippen molar-refractivity contribution >= 4 is 6.29 Å². The lowest BCUT2D eigenvalue weighted by atomic mass is 9.66. The minimum absolute atomic E-state index is 0.205. The topological polar surface area (TPSA) is 26.3 Å². The molecule has 3 saturated carbocycles. The maximum Gasteiger partial charge on any atom is 0.125 e. The lowest BCUT2D eigenvalue weighted by molar-refractivity contribution is -0.126. The molecule has 3 aliphatic carbocycles. The van der Waals surface area contributed by atoms with Crippen LogP contribution in [-0.4, -0.2) is 19.5 Å². The number of aldehydes is 1. The molecule has 78 valence electrons. The highest BCUT2D eigenvalue weighted by atomic mass is 16.5. The van der Waals surface area contributed by atoms with Gasteiger partial charge in [-0.15, -0.1) is 0 Å². The molecule has 0 aromatic carbocycles. The van der Waals surface area contributed by atoms with E-state index in [2.05, 4.69) is 0 Å². The number of carbonyl (C=O) groups is 1. The molecule has 0 spiro atoms. The van der Waals surface area contributed by atoms with Gasteiger partial charge in [0.25, 0.3) is 0 Å². The molecule has 2 nitrogen and oxygen atoms in total. The van der Waals surface area contributed by atoms with Gasteiger partial charge in [0.15, 0.2) is 0 Å². The van der Waals surface area contributed by atoms with Crippen molar-refractivity contribution in [1.29, 1.82) is 0 Å². The fourth-order valence-corrected chi connectivity index (χ4v) is 4.48. The first-order chi connectivity index (χ1) is 6.83. The van der Waals surface area contributed by atoms with Crippen molar-refractivity contribution in [2.75, 3.05) is 7.11 Å². The molecule has 0 amide bonds. The summed E-state index contributed by atoms with van der Waals surface area (Å²) in [6, 6.07) is 0. The van der Waals surface area contributed by atoms with Crippen LogP contribution < -0.4 is 0 Å². The maximum absolute atomic E-state index is 11.2. The summed E-state index contributed by atoms with van der Waals surface area (Å²) in [5, 5.41) is 0. The smallest absolute Gasteiger partial charge is 0.125 e. The van der Waals surface area contributed by atoms with Gasteiger partial charge in [0.05, 0.1) is 6.10 Å². The van der Waals surface area contributed by atoms with Gasteiger partial charge in [-0.25, -0.2) is 0 Å². The average molecular weight is 194 g/mol. The second-order valence-corrected chi connectivity index (χ2v) is 5.41. The zero-order valence-corrected chi connectivity index (χ0v) is 8.69. The van der Waals surface area contributed by atoms with Gasteiger partial charge in [0, 0.05) is 13.0 Å². The molecule has 3 bridgehead atoms. The third kappa shape index (κ3) is 1.04. The summed E-state index contributed by atoms with van der Waals surface area (Å²) in [7, 11) is 1.77. The first kappa shape index (κ1) is 8.90. The highest BCUT2D eigenvalue weighted by Crippen LogP contribution is 2.57. The first-order valence-corrected chi connectivity index (χ1v) is 5.81. The van der Waals surface area contributed by atoms with E-state index >= 15 is 0 Å². The molecule has 0 aliphatic heterocycles. The van der Waals surface area contributed by atoms with Crippen LogP contribution in [0.1, 0.15) is 25.7 Å². The summed E-state index contributed by atoms with van der Waals surface area (Å²) in [5.74, 6) is 3.29. The second-order valence-electron chi connectivity index (χ2n) is 5.41. The average Bonchev–Trinajstić information content (AvgIpc) is 2.42. The summed E-state index contributed by atoms with van der Waals surface area (Å²) < 4.78 is 5.55. The number of methoxy groups -OCH3 is 1. The Bertz CT molecular complexity index is 247. The molecule has 3 rings (SSSR count). The van der Waals surface area contributed by atoms with E-state index in [9.17, 15) is 4.79 Å². The van der Waals surface area contributed by atoms with Crippen molar-refractivity contribution < 1.29 is 9.53 Å². The van der Waals surface area contributed by atoms with Crippen LogP contribution in [0.5, 0.6) is 0 Å². The molecule has 0 aromatic rings. The number of hydrogen-bond acceptors (Lipinski definition) is 2. The molecule has 0 radical (unpaired) electrons. The van der Waals surface area contributed by atoms with Crippen LogP contribution in [0, 0.1) is 29.6 Å². The molecule has 3 fully saturated rings. The maximum atomic E-state index is 11.2. The van der Waals surface area contributed by atoms with Gasteiger partial charge in [-0.05, 0) is 49.4 Å². The van der Waals surface area contributed by atoms with E-state index in [0.717, 1.165) is 11.8 Å². The molecule has 6 atom stereocenters. The Kier molecular flexibility index (Phi) is 1.94. The zero-order chi connectivity index (χ0) is 9.71. The number of rotatable bonds is 2. The van der Waals surface area contributed by atoms with Crippen molar-refractivity contribution in [3.63, 3.8) is 0 Å². The van der Waals surface area contributed by atoms with E-state index in [1.54, 1.807) is 7.11 Å². The van der Waals surface area contributed by atoms with Crippen molar-refractivity contribution in [2.24, 2.45) is 29.6 Å². The summed E-state index contributed by atoms with van der Waals surface area (Å²) in [6.45, 7) is 0. The lowest BCUT2D eigenvalue weighted by Gasteiger charge is -2.42. The minimum Gasteiger partial charge on any atom is -0.380 e. The molecule has 3 aliphatic rings. The Morgan fingerprint density at radius 1 is 1.14 bits per heavy atom. The predicted molar refractivity (Wildman–Crippen MR) is 52.8 cm³/mol. The number of carbonyl (C=O) groups excluding carboxylic acids is 1. The molecular formula is C12H18O2. The molecule has 14 heavy (non-hydrogen) atoms. The van der Waals surface area contributed by atoms with Gasteiger partial charge in [0.2, 0.25) is 0 Å². The van der Waals surface area contributed by atoms with E-state index in [0.29, 0.717) is 11.8 Å². The predicted octanol–water partition coefficient (Wildman–Crippen LogP) is 1.88. The third-order valence-corrected chi connectivity index (χ3v) is 4.86. The Labute approximate surface area is 85.0 Å². The third-order valence-electron chi connectivity index (χ3n) is 4.86. The van der Waals surface area contributed by atoms with E-state index in [1.807, 2.05) is 0 Å². The molecule has 0 aromatic heterocycles. The SMILES string of the molecule is COC1C2CC3CC(C2)C(C3)C1C=O. The van der Waals surface area contributed by atoms with Crippen molar-refractivity contribution in [2.45, 2.75) is 31.8 Å². The standard InChI is InChI=1S/C12H18O2/c1-14-12-9-3-7-2-8(5-9)10(4-7)11(12)6-13/h6-12H,2-5H2,1H3. The normalized spacial score (nSPS) is 54.9. The fraction of sp³-hybridized carbons (Fsp3) is 0.917. The monoisotopic (exact) mass is 194 g/mol. The number of fused-ring (bicyclic) bond motifs is 2. The zero-order valence-electron chi connectivity index (χ0n) is 8.69. The summed E-state index contributed by atoms with van der Waals surface area (Å²) in [5.41, 5.74) is 0. The Morgan fingerprint density at radius 2 is 1.93 bits per heavy atom. The molecule has 6 unspecified atom stereocenters. The fourth-order valence-electron chi connectivity index (χ4n) is 4.48. The van der Waals surface area contributed by atoms with E-state index in [-0.39, 0.29) is 12.0 Å². The number of ether oxygens (including phenoxy) is 1. The van der Waals surface area contributed by atoms with Crippen molar-refractivity contribution in [1.82, 2.24) is 0 Å². The summed E-state index contributed by atoms with van der Waals surface area (Å²) in [6.07, 6.45) is 6.73. The molecule has 0 N–H and O–H groups in total. The highest BCUT2D eigenvalue weighted by molar-refractivity contribution is 5.56. The largest absolute Gasteiger partial charge is 0.380 e. The first-order valence-electron chi connectivity index (χ1n) is 5.81. The van der Waals surface area contributed by atoms with Crippen LogP contribution >= 0.6 is 0 Å². The minimum atomic E-state index is 0.205. The van der Waals surface area contributed by atoms with Crippen LogP contribution in [-0.2, 0) is 9.53 Å². The molecular weight excluding hydrogens is 176 g/mol. The van der Waals surface area contributed by atoms with E-state index in [1.165, 1.54) is 32.0 Å². The van der Waals surface area contributed by atoms with Gasteiger partial charge in [-0.3, -0.25) is 0 Å². The molecule has 0 heterocycles. The van der Waals surface area contributed by atoms with Gasteiger partial charge >= 0.3 is 0 Å². The van der Waals surface area contributed by atoms with Crippen molar-refractivity contribution in [3.8, 4) is 0 Å². The second kappa shape index (κ2) is 3.06. The molecule has 0 saturated heterocycles. The quantitative estimate of drug-likeness (QED) is 0.627. The van der Waals surface area contributed by atoms with Crippen LogP contribution in [0.15, 0.2) is 0 Å². The van der Waals surface area contributed by atoms with Gasteiger partial charge in [-0.2, -0.15) is 0 Å². The van der Waals surface area contributed by atoms with Crippen LogP contribution in [0.2, 0.25) is 0 Å². The van der Waals surface area contributed by atoms with Gasteiger partial charge in [-0.1, -0.05) is 0 Å². The Morgan fingerprint density at radius 3 is 2.64 bits per heavy atom. The number of hydrogen-bond donors (Lipinski definition) is 0. The Hall–Kier alpha value is -0.370. The van der Waals surface area contributed by atoms with E-state index in [4.69, 9.17) is 4.74 Å². The van der Waals surface area contributed by atoms with Crippen molar-refractivity contribution in [3.05, 3.63) is 0 Å². The summed E-state index contributed by atoms with van der Waals surface area (Å²) >= 11 is 0. The van der Waals surface area contributed by atoms with Crippen LogP contribution in [0.3, 0.4) is 0 Å². The highest BCUT2D eigenvalue weighted by Gasteiger charge is 2.53. The van der Waals surface area contributed by atoms with Crippen LogP contribution in [0.25, 0.3) is 0 Å². The lowest BCUT2D eigenvalue weighted by Crippen LogP contribution is -2.44. The van der Waals surface area contributed by atoms with Gasteiger partial charge in [0.1, 0.15) is 6.29 Å². The summed E-state index contributed by atoms with van der Waals surface area (Å²) in [4.78, 5) is 11.2. The Balaban J connectivity index is 1.94. The van der Waals surface area contributed by atoms with E-state index < -0.39 is 0 Å². The molecule has 2 heteroatoms. The van der Waals surface area contributed by atoms with Gasteiger partial charge < -0.3 is 9.53 Å². The van der Waals surface area contributed by atoms with Crippen LogP contribution in [0.4, 0.5) is 0 Å².